The van der Waals surface area contributed by atoms with Crippen LogP contribution in [0, 0.1) is 5.92 Å². The van der Waals surface area contributed by atoms with Crippen LogP contribution in [0.2, 0.25) is 0 Å². The first-order valence-electron chi connectivity index (χ1n) is 5.01. The third kappa shape index (κ3) is 6.58. The van der Waals surface area contributed by atoms with Crippen molar-refractivity contribution in [3.05, 3.63) is 0 Å². The normalized spacial score (nSPS) is 12.5. The zero-order valence-electron chi connectivity index (χ0n) is 8.58. The molecular formula is C10H20O3. The van der Waals surface area contributed by atoms with Crippen LogP contribution < -0.4 is 0 Å². The van der Waals surface area contributed by atoms with Crippen molar-refractivity contribution < 1.29 is 14.6 Å². The Hall–Kier alpha value is -0.570. The van der Waals surface area contributed by atoms with Gasteiger partial charge in [-0.25, -0.2) is 4.79 Å². The van der Waals surface area contributed by atoms with E-state index in [2.05, 4.69) is 13.8 Å². The lowest BCUT2D eigenvalue weighted by Gasteiger charge is -2.13. The van der Waals surface area contributed by atoms with Crippen molar-refractivity contribution >= 4 is 5.97 Å². The molecular weight excluding hydrogens is 168 g/mol. The molecule has 13 heavy (non-hydrogen) atoms. The van der Waals surface area contributed by atoms with Crippen molar-refractivity contribution in [2.45, 2.75) is 39.5 Å². The summed E-state index contributed by atoms with van der Waals surface area (Å²) < 4.78 is 4.85. The van der Waals surface area contributed by atoms with E-state index in [0.717, 1.165) is 12.8 Å². The van der Waals surface area contributed by atoms with Crippen LogP contribution in [0.3, 0.4) is 0 Å². The summed E-state index contributed by atoms with van der Waals surface area (Å²) in [5.74, 6) is -0.0644. The van der Waals surface area contributed by atoms with Crippen molar-refractivity contribution in [2.24, 2.45) is 5.92 Å². The van der Waals surface area contributed by atoms with E-state index in [1.807, 2.05) is 0 Å². The maximum absolute atomic E-state index is 10.6. The average Bonchev–Trinajstić information content (AvgIpc) is 2.17. The minimum atomic E-state index is -0.519. The highest BCUT2D eigenvalue weighted by molar-refractivity contribution is 5.70. The smallest absolute Gasteiger partial charge is 0.331 e. The van der Waals surface area contributed by atoms with Crippen molar-refractivity contribution in [3.63, 3.8) is 0 Å². The highest BCUT2D eigenvalue weighted by Gasteiger charge is 2.08. The molecule has 0 spiro atoms. The number of aliphatic hydroxyl groups is 1. The van der Waals surface area contributed by atoms with Crippen molar-refractivity contribution in [2.75, 3.05) is 13.2 Å². The summed E-state index contributed by atoms with van der Waals surface area (Å²) in [6, 6.07) is 0. The predicted molar refractivity (Wildman–Crippen MR) is 51.4 cm³/mol. The second-order valence-electron chi connectivity index (χ2n) is 3.26. The van der Waals surface area contributed by atoms with Gasteiger partial charge in [0.2, 0.25) is 0 Å². The molecule has 0 heterocycles. The van der Waals surface area contributed by atoms with Crippen LogP contribution in [0.15, 0.2) is 0 Å². The van der Waals surface area contributed by atoms with Gasteiger partial charge in [-0.2, -0.15) is 0 Å². The number of rotatable bonds is 7. The lowest BCUT2D eigenvalue weighted by Crippen LogP contribution is -2.16. The molecule has 0 rings (SSSR count). The van der Waals surface area contributed by atoms with E-state index >= 15 is 0 Å². The third-order valence-corrected chi connectivity index (χ3v) is 2.15. The Morgan fingerprint density at radius 1 is 1.46 bits per heavy atom. The molecule has 0 aromatic heterocycles. The van der Waals surface area contributed by atoms with Gasteiger partial charge in [-0.15, -0.1) is 0 Å². The fourth-order valence-corrected chi connectivity index (χ4v) is 1.15. The average molecular weight is 188 g/mol. The second-order valence-corrected chi connectivity index (χ2v) is 3.26. The fraction of sp³-hybridized carbons (Fsp3) is 0.900. The molecule has 0 bridgehead atoms. The summed E-state index contributed by atoms with van der Waals surface area (Å²) in [5.41, 5.74) is 0. The van der Waals surface area contributed by atoms with Crippen LogP contribution in [0.25, 0.3) is 0 Å². The van der Waals surface area contributed by atoms with Crippen LogP contribution in [-0.4, -0.2) is 24.3 Å². The molecule has 0 saturated heterocycles. The molecule has 0 aliphatic heterocycles. The fourth-order valence-electron chi connectivity index (χ4n) is 1.15. The molecule has 0 aliphatic rings. The zero-order valence-corrected chi connectivity index (χ0v) is 8.58. The molecule has 0 fully saturated rings. The standard InChI is InChI=1S/C10H20O3/c1-3-5-6-9(4-2)8-13-10(12)7-11/h9,11H,3-8H2,1-2H3. The Morgan fingerprint density at radius 3 is 2.62 bits per heavy atom. The van der Waals surface area contributed by atoms with Gasteiger partial charge < -0.3 is 9.84 Å². The third-order valence-electron chi connectivity index (χ3n) is 2.15. The Morgan fingerprint density at radius 2 is 2.15 bits per heavy atom. The van der Waals surface area contributed by atoms with E-state index in [1.165, 1.54) is 12.8 Å². The summed E-state index contributed by atoms with van der Waals surface area (Å²) in [5, 5.41) is 8.42. The molecule has 0 aromatic rings. The van der Waals surface area contributed by atoms with E-state index in [4.69, 9.17) is 9.84 Å². The van der Waals surface area contributed by atoms with Crippen molar-refractivity contribution in [3.8, 4) is 0 Å². The number of ether oxygens (including phenoxy) is 1. The van der Waals surface area contributed by atoms with Gasteiger partial charge in [0.25, 0.3) is 0 Å². The quantitative estimate of drug-likeness (QED) is 0.619. The van der Waals surface area contributed by atoms with E-state index in [0.29, 0.717) is 12.5 Å². The van der Waals surface area contributed by atoms with Gasteiger partial charge in [0.15, 0.2) is 0 Å². The number of hydrogen-bond donors (Lipinski definition) is 1. The van der Waals surface area contributed by atoms with Gasteiger partial charge in [-0.1, -0.05) is 33.1 Å². The zero-order chi connectivity index (χ0) is 10.1. The van der Waals surface area contributed by atoms with Crippen LogP contribution in [0.1, 0.15) is 39.5 Å². The highest BCUT2D eigenvalue weighted by atomic mass is 16.5. The maximum atomic E-state index is 10.6. The van der Waals surface area contributed by atoms with Crippen molar-refractivity contribution in [1.29, 1.82) is 0 Å². The molecule has 0 radical (unpaired) electrons. The lowest BCUT2D eigenvalue weighted by molar-refractivity contribution is -0.148. The number of aliphatic hydroxyl groups excluding tert-OH is 1. The minimum Gasteiger partial charge on any atom is -0.464 e. The molecule has 0 aliphatic carbocycles. The van der Waals surface area contributed by atoms with Gasteiger partial charge in [0, 0.05) is 0 Å². The summed E-state index contributed by atoms with van der Waals surface area (Å²) in [7, 11) is 0. The largest absolute Gasteiger partial charge is 0.464 e. The maximum Gasteiger partial charge on any atom is 0.331 e. The SMILES string of the molecule is CCCCC(CC)COC(=O)CO. The monoisotopic (exact) mass is 188 g/mol. The first kappa shape index (κ1) is 12.4. The van der Waals surface area contributed by atoms with Gasteiger partial charge in [-0.3, -0.25) is 0 Å². The number of hydrogen-bond acceptors (Lipinski definition) is 3. The summed E-state index contributed by atoms with van der Waals surface area (Å²) in [4.78, 5) is 10.6. The minimum absolute atomic E-state index is 0.454. The van der Waals surface area contributed by atoms with Gasteiger partial charge in [-0.05, 0) is 12.3 Å². The molecule has 1 atom stereocenters. The number of carbonyl (C=O) groups excluding carboxylic acids is 1. The summed E-state index contributed by atoms with van der Waals surface area (Å²) >= 11 is 0. The van der Waals surface area contributed by atoms with E-state index in [9.17, 15) is 4.79 Å². The molecule has 3 heteroatoms. The second kappa shape index (κ2) is 8.05. The molecule has 0 saturated carbocycles. The first-order valence-corrected chi connectivity index (χ1v) is 5.01. The van der Waals surface area contributed by atoms with E-state index < -0.39 is 12.6 Å². The van der Waals surface area contributed by atoms with Gasteiger partial charge in [0.05, 0.1) is 6.61 Å². The van der Waals surface area contributed by atoms with Gasteiger partial charge in [0.1, 0.15) is 6.61 Å². The molecule has 1 unspecified atom stereocenters. The topological polar surface area (TPSA) is 46.5 Å². The Balaban J connectivity index is 3.52. The van der Waals surface area contributed by atoms with E-state index in [-0.39, 0.29) is 0 Å². The van der Waals surface area contributed by atoms with Crippen LogP contribution in [0.5, 0.6) is 0 Å². The van der Waals surface area contributed by atoms with Gasteiger partial charge >= 0.3 is 5.97 Å². The number of esters is 1. The predicted octanol–water partition coefficient (Wildman–Crippen LogP) is 1.74. The molecule has 0 aromatic carbocycles. The lowest BCUT2D eigenvalue weighted by atomic mass is 10.0. The molecule has 0 amide bonds. The van der Waals surface area contributed by atoms with E-state index in [1.54, 1.807) is 0 Å². The molecule has 1 N–H and O–H groups in total. The Labute approximate surface area is 80.1 Å². The Bertz CT molecular complexity index is 134. The molecule has 78 valence electrons. The van der Waals surface area contributed by atoms with Crippen LogP contribution >= 0.6 is 0 Å². The van der Waals surface area contributed by atoms with Crippen LogP contribution in [0.4, 0.5) is 0 Å². The Kier molecular flexibility index (Phi) is 7.69. The molecule has 3 nitrogen and oxygen atoms in total. The summed E-state index contributed by atoms with van der Waals surface area (Å²) in [6.45, 7) is 4.18. The number of carbonyl (C=O) groups is 1. The summed E-state index contributed by atoms with van der Waals surface area (Å²) in [6.07, 6.45) is 4.48. The van der Waals surface area contributed by atoms with Crippen LogP contribution in [-0.2, 0) is 9.53 Å². The first-order chi connectivity index (χ1) is 6.24. The number of unbranched alkanes of at least 4 members (excludes halogenated alkanes) is 1. The van der Waals surface area contributed by atoms with Crippen molar-refractivity contribution in [1.82, 2.24) is 0 Å². The highest BCUT2D eigenvalue weighted by Crippen LogP contribution is 2.12.